The molecule has 0 saturated carbocycles. The van der Waals surface area contributed by atoms with Crippen LogP contribution in [0.25, 0.3) is 6.08 Å². The monoisotopic (exact) mass is 206 g/mol. The number of carbonyl (C=O) groups is 2. The highest BCUT2D eigenvalue weighted by Crippen LogP contribution is 2.07. The molecule has 1 N–H and O–H groups in total. The molecular weight excluding hydrogens is 196 g/mol. The maximum Gasteiger partial charge on any atom is 0.337 e. The number of aliphatic carboxylic acids is 1. The molecule has 0 atom stereocenters. The highest BCUT2D eigenvalue weighted by atomic mass is 16.5. The van der Waals surface area contributed by atoms with Gasteiger partial charge in [-0.2, -0.15) is 0 Å². The van der Waals surface area contributed by atoms with Crippen molar-refractivity contribution >= 4 is 18.0 Å². The number of hydrogen-bond acceptors (Lipinski definition) is 3. The van der Waals surface area contributed by atoms with Crippen molar-refractivity contribution in [2.24, 2.45) is 0 Å². The molecule has 0 radical (unpaired) electrons. The van der Waals surface area contributed by atoms with Crippen molar-refractivity contribution in [3.05, 3.63) is 41.5 Å². The van der Waals surface area contributed by atoms with E-state index < -0.39 is 11.9 Å². The van der Waals surface area contributed by atoms with E-state index in [0.29, 0.717) is 11.1 Å². The lowest BCUT2D eigenvalue weighted by molar-refractivity contribution is -0.131. The molecule has 78 valence electrons. The van der Waals surface area contributed by atoms with Crippen molar-refractivity contribution < 1.29 is 19.4 Å². The van der Waals surface area contributed by atoms with Gasteiger partial charge in [-0.3, -0.25) is 0 Å². The second-order valence-corrected chi connectivity index (χ2v) is 2.79. The maximum absolute atomic E-state index is 11.1. The van der Waals surface area contributed by atoms with Crippen LogP contribution >= 0.6 is 0 Å². The summed E-state index contributed by atoms with van der Waals surface area (Å²) in [7, 11) is 1.31. The van der Waals surface area contributed by atoms with Crippen molar-refractivity contribution in [2.75, 3.05) is 7.11 Å². The average molecular weight is 206 g/mol. The summed E-state index contributed by atoms with van der Waals surface area (Å²) in [4.78, 5) is 21.3. The Kier molecular flexibility index (Phi) is 3.62. The first-order chi connectivity index (χ1) is 7.13. The van der Waals surface area contributed by atoms with E-state index in [0.717, 1.165) is 6.08 Å². The Labute approximate surface area is 86.8 Å². The molecule has 15 heavy (non-hydrogen) atoms. The van der Waals surface area contributed by atoms with Crippen LogP contribution in [0.15, 0.2) is 30.3 Å². The van der Waals surface area contributed by atoms with Gasteiger partial charge < -0.3 is 9.84 Å². The molecule has 0 aliphatic heterocycles. The third-order valence-corrected chi connectivity index (χ3v) is 1.75. The third-order valence-electron chi connectivity index (χ3n) is 1.75. The van der Waals surface area contributed by atoms with Gasteiger partial charge in [0.2, 0.25) is 0 Å². The smallest absolute Gasteiger partial charge is 0.337 e. The topological polar surface area (TPSA) is 63.6 Å². The number of methoxy groups -OCH3 is 1. The molecule has 0 heterocycles. The molecule has 0 aromatic heterocycles. The van der Waals surface area contributed by atoms with Crippen molar-refractivity contribution in [2.45, 2.75) is 0 Å². The minimum absolute atomic E-state index is 0.413. The Hall–Kier alpha value is -2.10. The van der Waals surface area contributed by atoms with Crippen LogP contribution in [0.1, 0.15) is 15.9 Å². The molecule has 0 amide bonds. The zero-order chi connectivity index (χ0) is 11.3. The van der Waals surface area contributed by atoms with Gasteiger partial charge in [-0.1, -0.05) is 12.1 Å². The Balaban J connectivity index is 2.81. The van der Waals surface area contributed by atoms with E-state index in [9.17, 15) is 9.59 Å². The summed E-state index contributed by atoms with van der Waals surface area (Å²) in [6, 6.07) is 6.44. The van der Waals surface area contributed by atoms with E-state index >= 15 is 0 Å². The Morgan fingerprint density at radius 3 is 2.33 bits per heavy atom. The fourth-order valence-corrected chi connectivity index (χ4v) is 1.02. The van der Waals surface area contributed by atoms with Crippen molar-refractivity contribution in [1.82, 2.24) is 0 Å². The Bertz CT molecular complexity index is 390. The molecule has 4 heteroatoms. The quantitative estimate of drug-likeness (QED) is 0.602. The van der Waals surface area contributed by atoms with Gasteiger partial charge in [-0.05, 0) is 23.8 Å². The normalized spacial score (nSPS) is 10.2. The Morgan fingerprint density at radius 1 is 1.27 bits per heavy atom. The SMILES string of the molecule is COC(=O)c1ccc(/C=C/C(=O)O)cc1. The van der Waals surface area contributed by atoms with Crippen LogP contribution in [-0.4, -0.2) is 24.2 Å². The lowest BCUT2D eigenvalue weighted by Crippen LogP contribution is -2.00. The lowest BCUT2D eigenvalue weighted by atomic mass is 10.1. The predicted octanol–water partition coefficient (Wildman–Crippen LogP) is 1.57. The summed E-state index contributed by atoms with van der Waals surface area (Å²) in [5.74, 6) is -1.42. The van der Waals surface area contributed by atoms with Gasteiger partial charge >= 0.3 is 11.9 Å². The van der Waals surface area contributed by atoms with Crippen LogP contribution in [0.3, 0.4) is 0 Å². The Morgan fingerprint density at radius 2 is 1.87 bits per heavy atom. The number of carbonyl (C=O) groups excluding carboxylic acids is 1. The molecule has 1 aromatic rings. The van der Waals surface area contributed by atoms with Crippen LogP contribution in [0.5, 0.6) is 0 Å². The summed E-state index contributed by atoms with van der Waals surface area (Å²) in [5.41, 5.74) is 1.15. The van der Waals surface area contributed by atoms with Gasteiger partial charge in [0, 0.05) is 6.08 Å². The molecule has 0 fully saturated rings. The standard InChI is InChI=1S/C11H10O4/c1-15-11(14)9-5-2-8(3-6-9)4-7-10(12)13/h2-7H,1H3,(H,12,13)/b7-4+. The molecule has 0 spiro atoms. The van der Waals surface area contributed by atoms with E-state index in [1.807, 2.05) is 0 Å². The minimum atomic E-state index is -1.01. The molecule has 1 rings (SSSR count). The van der Waals surface area contributed by atoms with Crippen molar-refractivity contribution in [1.29, 1.82) is 0 Å². The van der Waals surface area contributed by atoms with Crippen LogP contribution in [-0.2, 0) is 9.53 Å². The average Bonchev–Trinajstić information content (AvgIpc) is 2.26. The van der Waals surface area contributed by atoms with Crippen LogP contribution in [0, 0.1) is 0 Å². The molecule has 0 aliphatic carbocycles. The summed E-state index contributed by atoms with van der Waals surface area (Å²) < 4.78 is 4.52. The fraction of sp³-hybridized carbons (Fsp3) is 0.0909. The zero-order valence-electron chi connectivity index (χ0n) is 8.14. The number of benzene rings is 1. The van der Waals surface area contributed by atoms with E-state index in [4.69, 9.17) is 5.11 Å². The third kappa shape index (κ3) is 3.27. The van der Waals surface area contributed by atoms with E-state index in [-0.39, 0.29) is 0 Å². The molecule has 4 nitrogen and oxygen atoms in total. The number of hydrogen-bond donors (Lipinski definition) is 1. The molecule has 0 bridgehead atoms. The molecule has 1 aromatic carbocycles. The second kappa shape index (κ2) is 4.95. The van der Waals surface area contributed by atoms with Crippen LogP contribution in [0.4, 0.5) is 0 Å². The summed E-state index contributed by atoms with van der Waals surface area (Å²) in [5, 5.41) is 8.39. The number of ether oxygens (including phenoxy) is 1. The summed E-state index contributed by atoms with van der Waals surface area (Å²) >= 11 is 0. The molecular formula is C11H10O4. The van der Waals surface area contributed by atoms with E-state index in [1.54, 1.807) is 24.3 Å². The van der Waals surface area contributed by atoms with Gasteiger partial charge in [0.05, 0.1) is 12.7 Å². The molecule has 0 unspecified atom stereocenters. The molecule has 0 saturated heterocycles. The highest BCUT2D eigenvalue weighted by Gasteiger charge is 2.02. The van der Waals surface area contributed by atoms with E-state index in [1.165, 1.54) is 13.2 Å². The minimum Gasteiger partial charge on any atom is -0.478 e. The summed E-state index contributed by atoms with van der Waals surface area (Å²) in [6.07, 6.45) is 2.48. The van der Waals surface area contributed by atoms with Gasteiger partial charge in [0.1, 0.15) is 0 Å². The maximum atomic E-state index is 11.1. The van der Waals surface area contributed by atoms with Gasteiger partial charge in [-0.15, -0.1) is 0 Å². The van der Waals surface area contributed by atoms with Gasteiger partial charge in [0.25, 0.3) is 0 Å². The van der Waals surface area contributed by atoms with Crippen LogP contribution in [0.2, 0.25) is 0 Å². The van der Waals surface area contributed by atoms with E-state index in [2.05, 4.69) is 4.74 Å². The zero-order valence-corrected chi connectivity index (χ0v) is 8.14. The highest BCUT2D eigenvalue weighted by molar-refractivity contribution is 5.90. The first-order valence-electron chi connectivity index (χ1n) is 4.23. The van der Waals surface area contributed by atoms with Gasteiger partial charge in [0.15, 0.2) is 0 Å². The summed E-state index contributed by atoms with van der Waals surface area (Å²) in [6.45, 7) is 0. The molecule has 0 aliphatic rings. The predicted molar refractivity (Wildman–Crippen MR) is 54.5 cm³/mol. The first-order valence-corrected chi connectivity index (χ1v) is 4.23. The number of rotatable bonds is 3. The van der Waals surface area contributed by atoms with Crippen molar-refractivity contribution in [3.63, 3.8) is 0 Å². The van der Waals surface area contributed by atoms with Crippen molar-refractivity contribution in [3.8, 4) is 0 Å². The fourth-order valence-electron chi connectivity index (χ4n) is 1.02. The largest absolute Gasteiger partial charge is 0.478 e. The number of carboxylic acid groups (broad SMARTS) is 1. The van der Waals surface area contributed by atoms with Crippen LogP contribution < -0.4 is 0 Å². The van der Waals surface area contributed by atoms with Gasteiger partial charge in [-0.25, -0.2) is 9.59 Å². The second-order valence-electron chi connectivity index (χ2n) is 2.79. The first kappa shape index (κ1) is 11.0. The number of carboxylic acids is 1. The number of esters is 1. The lowest BCUT2D eigenvalue weighted by Gasteiger charge is -1.98.